The average molecular weight is 275 g/mol. The summed E-state index contributed by atoms with van der Waals surface area (Å²) in [6.07, 6.45) is 1.78. The molecule has 0 spiro atoms. The minimum absolute atomic E-state index is 0.406. The maximum atomic E-state index is 4.69. The second-order valence-electron chi connectivity index (χ2n) is 5.23. The van der Waals surface area contributed by atoms with E-state index in [0.29, 0.717) is 5.92 Å². The lowest BCUT2D eigenvalue weighted by Gasteiger charge is -2.08. The van der Waals surface area contributed by atoms with E-state index in [4.69, 9.17) is 4.98 Å². The molecule has 0 atom stereocenters. The van der Waals surface area contributed by atoms with Crippen LogP contribution in [-0.4, -0.2) is 15.0 Å². The lowest BCUT2D eigenvalue weighted by Crippen LogP contribution is -1.96. The van der Waals surface area contributed by atoms with Crippen molar-refractivity contribution in [3.05, 3.63) is 66.5 Å². The minimum atomic E-state index is 0.406. The number of nitrogens with zero attached hydrogens (tertiary/aromatic N) is 3. The third kappa shape index (κ3) is 2.97. The third-order valence-electron chi connectivity index (χ3n) is 3.30. The van der Waals surface area contributed by atoms with Crippen molar-refractivity contribution in [3.63, 3.8) is 0 Å². The molecule has 0 saturated carbocycles. The van der Waals surface area contributed by atoms with Crippen molar-refractivity contribution < 1.29 is 0 Å². The Kier molecular flexibility index (Phi) is 3.73. The van der Waals surface area contributed by atoms with Gasteiger partial charge >= 0.3 is 0 Å². The predicted octanol–water partition coefficient (Wildman–Crippen LogP) is 4.33. The Bertz CT molecular complexity index is 736. The molecule has 0 aromatic carbocycles. The highest BCUT2D eigenvalue weighted by Gasteiger charge is 2.07. The zero-order chi connectivity index (χ0) is 14.7. The molecule has 21 heavy (non-hydrogen) atoms. The molecule has 0 amide bonds. The Balaban J connectivity index is 2.02. The monoisotopic (exact) mass is 275 g/mol. The topological polar surface area (TPSA) is 38.7 Å². The van der Waals surface area contributed by atoms with Crippen LogP contribution in [0.4, 0.5) is 0 Å². The van der Waals surface area contributed by atoms with Crippen molar-refractivity contribution in [2.75, 3.05) is 0 Å². The Morgan fingerprint density at radius 3 is 1.95 bits per heavy atom. The Morgan fingerprint density at radius 1 is 0.667 bits per heavy atom. The number of hydrogen-bond acceptors (Lipinski definition) is 3. The summed E-state index contributed by atoms with van der Waals surface area (Å²) in [6, 6.07) is 17.9. The predicted molar refractivity (Wildman–Crippen MR) is 84.8 cm³/mol. The van der Waals surface area contributed by atoms with Crippen LogP contribution in [-0.2, 0) is 0 Å². The summed E-state index contributed by atoms with van der Waals surface area (Å²) in [5, 5.41) is 0. The van der Waals surface area contributed by atoms with E-state index in [2.05, 4.69) is 29.9 Å². The largest absolute Gasteiger partial charge is 0.255 e. The van der Waals surface area contributed by atoms with Crippen molar-refractivity contribution in [1.82, 2.24) is 15.0 Å². The van der Waals surface area contributed by atoms with E-state index in [1.165, 1.54) is 0 Å². The zero-order valence-electron chi connectivity index (χ0n) is 12.2. The Hall–Kier alpha value is -2.55. The summed E-state index contributed by atoms with van der Waals surface area (Å²) in [7, 11) is 0. The third-order valence-corrected chi connectivity index (χ3v) is 3.30. The van der Waals surface area contributed by atoms with Crippen molar-refractivity contribution in [2.24, 2.45) is 0 Å². The molecular weight excluding hydrogens is 258 g/mol. The van der Waals surface area contributed by atoms with Gasteiger partial charge in [-0.1, -0.05) is 32.0 Å². The number of pyridine rings is 3. The van der Waals surface area contributed by atoms with Crippen LogP contribution in [0, 0.1) is 0 Å². The molecule has 0 radical (unpaired) electrons. The molecule has 3 heteroatoms. The van der Waals surface area contributed by atoms with Crippen molar-refractivity contribution in [1.29, 1.82) is 0 Å². The number of rotatable bonds is 3. The van der Waals surface area contributed by atoms with E-state index in [-0.39, 0.29) is 0 Å². The standard InChI is InChI=1S/C18H17N3/c1-13(2)14-8-5-10-17(20-14)18-11-6-9-16(21-18)15-7-3-4-12-19-15/h3-13H,1-2H3. The zero-order valence-corrected chi connectivity index (χ0v) is 12.2. The SMILES string of the molecule is CC(C)c1cccc(-c2cccc(-c3ccccn3)n2)n1. The Labute approximate surface area is 124 Å². The van der Waals surface area contributed by atoms with Crippen LogP contribution >= 0.6 is 0 Å². The van der Waals surface area contributed by atoms with Gasteiger partial charge in [0.2, 0.25) is 0 Å². The molecule has 3 nitrogen and oxygen atoms in total. The van der Waals surface area contributed by atoms with E-state index in [1.54, 1.807) is 6.20 Å². The molecule has 0 aliphatic heterocycles. The summed E-state index contributed by atoms with van der Waals surface area (Å²) in [5.41, 5.74) is 4.60. The highest BCUT2D eigenvalue weighted by molar-refractivity contribution is 5.61. The molecule has 3 aromatic heterocycles. The van der Waals surface area contributed by atoms with Crippen LogP contribution < -0.4 is 0 Å². The summed E-state index contributed by atoms with van der Waals surface area (Å²) in [4.78, 5) is 13.7. The maximum Gasteiger partial charge on any atom is 0.0894 e. The van der Waals surface area contributed by atoms with Crippen LogP contribution in [0.15, 0.2) is 60.8 Å². The first kappa shape index (κ1) is 13.4. The van der Waals surface area contributed by atoms with Gasteiger partial charge in [-0.25, -0.2) is 4.98 Å². The summed E-state index contributed by atoms with van der Waals surface area (Å²) in [5.74, 6) is 0.406. The summed E-state index contributed by atoms with van der Waals surface area (Å²) >= 11 is 0. The number of hydrogen-bond donors (Lipinski definition) is 0. The molecular formula is C18H17N3. The molecule has 0 aliphatic carbocycles. The van der Waals surface area contributed by atoms with E-state index in [9.17, 15) is 0 Å². The highest BCUT2D eigenvalue weighted by atomic mass is 14.8. The van der Waals surface area contributed by atoms with Gasteiger partial charge in [0.05, 0.1) is 22.8 Å². The molecule has 3 heterocycles. The van der Waals surface area contributed by atoms with Gasteiger partial charge in [-0.2, -0.15) is 0 Å². The second kappa shape index (κ2) is 5.83. The molecule has 3 rings (SSSR count). The highest BCUT2D eigenvalue weighted by Crippen LogP contribution is 2.21. The molecule has 0 unspecified atom stereocenters. The molecule has 0 aliphatic rings. The fourth-order valence-electron chi connectivity index (χ4n) is 2.15. The molecule has 3 aromatic rings. The van der Waals surface area contributed by atoms with Gasteiger partial charge in [0.25, 0.3) is 0 Å². The second-order valence-corrected chi connectivity index (χ2v) is 5.23. The Morgan fingerprint density at radius 2 is 1.29 bits per heavy atom. The molecule has 0 saturated heterocycles. The molecule has 0 fully saturated rings. The van der Waals surface area contributed by atoms with Crippen molar-refractivity contribution in [2.45, 2.75) is 19.8 Å². The maximum absolute atomic E-state index is 4.69. The first-order valence-corrected chi connectivity index (χ1v) is 7.10. The molecule has 0 N–H and O–H groups in total. The van der Waals surface area contributed by atoms with Crippen LogP contribution in [0.2, 0.25) is 0 Å². The summed E-state index contributed by atoms with van der Waals surface area (Å²) in [6.45, 7) is 4.29. The normalized spacial score (nSPS) is 10.8. The van der Waals surface area contributed by atoms with Gasteiger partial charge in [-0.3, -0.25) is 9.97 Å². The summed E-state index contributed by atoms with van der Waals surface area (Å²) < 4.78 is 0. The van der Waals surface area contributed by atoms with E-state index >= 15 is 0 Å². The van der Waals surface area contributed by atoms with Gasteiger partial charge in [0.15, 0.2) is 0 Å². The molecule has 0 bridgehead atoms. The van der Waals surface area contributed by atoms with E-state index in [0.717, 1.165) is 28.5 Å². The van der Waals surface area contributed by atoms with Gasteiger partial charge in [0.1, 0.15) is 0 Å². The van der Waals surface area contributed by atoms with Gasteiger partial charge in [-0.15, -0.1) is 0 Å². The van der Waals surface area contributed by atoms with Crippen LogP contribution in [0.3, 0.4) is 0 Å². The first-order chi connectivity index (χ1) is 10.2. The van der Waals surface area contributed by atoms with Crippen LogP contribution in [0.5, 0.6) is 0 Å². The van der Waals surface area contributed by atoms with E-state index < -0.39 is 0 Å². The van der Waals surface area contributed by atoms with Gasteiger partial charge in [-0.05, 0) is 42.3 Å². The van der Waals surface area contributed by atoms with Crippen molar-refractivity contribution in [3.8, 4) is 22.8 Å². The van der Waals surface area contributed by atoms with Crippen molar-refractivity contribution >= 4 is 0 Å². The quantitative estimate of drug-likeness (QED) is 0.714. The van der Waals surface area contributed by atoms with E-state index in [1.807, 2.05) is 48.5 Å². The fraction of sp³-hybridized carbons (Fsp3) is 0.167. The van der Waals surface area contributed by atoms with Gasteiger partial charge in [0, 0.05) is 11.9 Å². The molecule has 104 valence electrons. The van der Waals surface area contributed by atoms with Crippen LogP contribution in [0.25, 0.3) is 22.8 Å². The lowest BCUT2D eigenvalue weighted by molar-refractivity contribution is 0.824. The van der Waals surface area contributed by atoms with Crippen LogP contribution in [0.1, 0.15) is 25.5 Å². The fourth-order valence-corrected chi connectivity index (χ4v) is 2.15. The first-order valence-electron chi connectivity index (χ1n) is 7.10. The van der Waals surface area contributed by atoms with Gasteiger partial charge < -0.3 is 0 Å². The smallest absolute Gasteiger partial charge is 0.0894 e. The number of aromatic nitrogens is 3. The average Bonchev–Trinajstić information content (AvgIpc) is 2.56. The lowest BCUT2D eigenvalue weighted by atomic mass is 10.1. The minimum Gasteiger partial charge on any atom is -0.255 e.